The molecule has 2 aliphatic rings. The van der Waals surface area contributed by atoms with E-state index in [0.717, 1.165) is 17.8 Å². The third-order valence-electron chi connectivity index (χ3n) is 5.48. The zero-order valence-electron chi connectivity index (χ0n) is 15.0. The number of carbonyl (C=O) groups is 1. The molecule has 0 spiro atoms. The number of likely N-dealkylation sites (tertiary alicyclic amines) is 1. The van der Waals surface area contributed by atoms with E-state index in [-0.39, 0.29) is 17.4 Å². The van der Waals surface area contributed by atoms with Crippen LogP contribution in [0.4, 0.5) is 0 Å². The van der Waals surface area contributed by atoms with Gasteiger partial charge < -0.3 is 9.47 Å². The van der Waals surface area contributed by atoms with Crippen LogP contribution in [0.5, 0.6) is 0 Å². The topological polar surface area (TPSA) is 60.1 Å². The lowest BCUT2D eigenvalue weighted by Gasteiger charge is -2.42. The maximum absolute atomic E-state index is 13.1. The van der Waals surface area contributed by atoms with Gasteiger partial charge in [0.1, 0.15) is 5.69 Å². The molecule has 0 aliphatic carbocycles. The van der Waals surface area contributed by atoms with Crippen molar-refractivity contribution < 1.29 is 4.79 Å². The Kier molecular flexibility index (Phi) is 3.78. The highest BCUT2D eigenvalue weighted by atomic mass is 16.2. The summed E-state index contributed by atoms with van der Waals surface area (Å²) in [5.41, 5.74) is 2.73. The van der Waals surface area contributed by atoms with Crippen molar-refractivity contribution in [1.82, 2.24) is 19.2 Å². The number of amides is 1. The van der Waals surface area contributed by atoms with Crippen LogP contribution in [0.2, 0.25) is 0 Å². The molecule has 0 radical (unpaired) electrons. The van der Waals surface area contributed by atoms with Crippen LogP contribution < -0.4 is 5.56 Å². The Morgan fingerprint density at radius 2 is 2.04 bits per heavy atom. The van der Waals surface area contributed by atoms with Gasteiger partial charge in [-0.1, -0.05) is 19.9 Å². The SMILES string of the molecule is CC(C)c1cc(C(=O)N2C[C@@H]3C[C@H](C2)c2cccc(=O)n2C3)n(C)n1. The lowest BCUT2D eigenvalue weighted by molar-refractivity contribution is 0.0584. The van der Waals surface area contributed by atoms with Crippen molar-refractivity contribution in [2.75, 3.05) is 13.1 Å². The fraction of sp³-hybridized carbons (Fsp3) is 0.526. The number of pyridine rings is 1. The normalized spacial score (nSPS) is 22.2. The molecule has 6 heteroatoms. The molecular formula is C19H24N4O2. The van der Waals surface area contributed by atoms with Gasteiger partial charge in [0, 0.05) is 44.4 Å². The summed E-state index contributed by atoms with van der Waals surface area (Å²) < 4.78 is 3.59. The van der Waals surface area contributed by atoms with Crippen LogP contribution in [0.15, 0.2) is 29.1 Å². The number of rotatable bonds is 2. The molecular weight excluding hydrogens is 316 g/mol. The summed E-state index contributed by atoms with van der Waals surface area (Å²) in [5.74, 6) is 0.923. The second-order valence-electron chi connectivity index (χ2n) is 7.64. The van der Waals surface area contributed by atoms with E-state index in [0.29, 0.717) is 37.2 Å². The van der Waals surface area contributed by atoms with E-state index in [9.17, 15) is 9.59 Å². The fourth-order valence-electron chi connectivity index (χ4n) is 4.20. The van der Waals surface area contributed by atoms with Crippen molar-refractivity contribution in [3.8, 4) is 0 Å². The van der Waals surface area contributed by atoms with Crippen molar-refractivity contribution in [2.45, 2.75) is 38.6 Å². The maximum atomic E-state index is 13.1. The van der Waals surface area contributed by atoms with E-state index < -0.39 is 0 Å². The molecule has 2 atom stereocenters. The molecule has 132 valence electrons. The van der Waals surface area contributed by atoms with Gasteiger partial charge in [0.25, 0.3) is 11.5 Å². The average molecular weight is 340 g/mol. The Labute approximate surface area is 147 Å². The van der Waals surface area contributed by atoms with Crippen LogP contribution in [0.1, 0.15) is 54.0 Å². The van der Waals surface area contributed by atoms with Crippen LogP contribution in [-0.2, 0) is 13.6 Å². The standard InChI is InChI=1S/C19H24N4O2/c1-12(2)15-8-17(21(3)20-15)19(25)22-9-13-7-14(11-22)16-5-4-6-18(24)23(16)10-13/h4-6,8,12-14H,7,9-11H2,1-3H3/t13-,14+/m0/s1. The molecule has 0 N–H and O–H groups in total. The number of hydrogen-bond donors (Lipinski definition) is 0. The molecule has 1 saturated heterocycles. The Balaban J connectivity index is 1.62. The number of aromatic nitrogens is 3. The minimum Gasteiger partial charge on any atom is -0.336 e. The molecule has 25 heavy (non-hydrogen) atoms. The predicted molar refractivity (Wildman–Crippen MR) is 94.8 cm³/mol. The Morgan fingerprint density at radius 3 is 2.76 bits per heavy atom. The van der Waals surface area contributed by atoms with E-state index in [1.807, 2.05) is 34.7 Å². The minimum atomic E-state index is 0.0447. The highest BCUT2D eigenvalue weighted by Crippen LogP contribution is 2.35. The molecule has 2 aromatic heterocycles. The molecule has 0 unspecified atom stereocenters. The average Bonchev–Trinajstić information content (AvgIpc) is 2.97. The van der Waals surface area contributed by atoms with Crippen molar-refractivity contribution in [3.63, 3.8) is 0 Å². The Morgan fingerprint density at radius 1 is 1.24 bits per heavy atom. The number of fused-ring (bicyclic) bond motifs is 4. The van der Waals surface area contributed by atoms with E-state index in [1.165, 1.54) is 0 Å². The number of carbonyl (C=O) groups excluding carboxylic acids is 1. The summed E-state index contributed by atoms with van der Waals surface area (Å²) in [6.07, 6.45) is 1.05. The van der Waals surface area contributed by atoms with Crippen LogP contribution in [-0.4, -0.2) is 38.2 Å². The summed E-state index contributed by atoms with van der Waals surface area (Å²) in [6, 6.07) is 7.38. The Hall–Kier alpha value is -2.37. The van der Waals surface area contributed by atoms with Crippen molar-refractivity contribution in [2.24, 2.45) is 13.0 Å². The highest BCUT2D eigenvalue weighted by Gasteiger charge is 2.37. The van der Waals surface area contributed by atoms with E-state index in [4.69, 9.17) is 0 Å². The first kappa shape index (κ1) is 16.1. The third-order valence-corrected chi connectivity index (χ3v) is 5.48. The number of piperidine rings is 1. The summed E-state index contributed by atoms with van der Waals surface area (Å²) >= 11 is 0. The molecule has 2 aromatic rings. The van der Waals surface area contributed by atoms with Crippen LogP contribution in [0.25, 0.3) is 0 Å². The van der Waals surface area contributed by atoms with Gasteiger partial charge in [0.05, 0.1) is 5.69 Å². The number of aryl methyl sites for hydroxylation is 1. The molecule has 4 rings (SSSR count). The number of hydrogen-bond acceptors (Lipinski definition) is 3. The fourth-order valence-corrected chi connectivity index (χ4v) is 4.20. The molecule has 2 bridgehead atoms. The van der Waals surface area contributed by atoms with Crippen LogP contribution >= 0.6 is 0 Å². The first-order valence-electron chi connectivity index (χ1n) is 8.97. The first-order chi connectivity index (χ1) is 11.9. The highest BCUT2D eigenvalue weighted by molar-refractivity contribution is 5.92. The van der Waals surface area contributed by atoms with Crippen molar-refractivity contribution >= 4 is 5.91 Å². The summed E-state index contributed by atoms with van der Waals surface area (Å²) in [4.78, 5) is 27.1. The van der Waals surface area contributed by atoms with Gasteiger partial charge in [0.2, 0.25) is 0 Å². The lowest BCUT2D eigenvalue weighted by atomic mass is 9.83. The van der Waals surface area contributed by atoms with Gasteiger partial charge in [-0.25, -0.2) is 0 Å². The first-order valence-corrected chi connectivity index (χ1v) is 8.97. The molecule has 0 saturated carbocycles. The lowest BCUT2D eigenvalue weighted by Crippen LogP contribution is -2.49. The quantitative estimate of drug-likeness (QED) is 0.840. The van der Waals surface area contributed by atoms with E-state index >= 15 is 0 Å². The number of nitrogens with zero attached hydrogens (tertiary/aromatic N) is 4. The van der Waals surface area contributed by atoms with E-state index in [1.54, 1.807) is 10.7 Å². The van der Waals surface area contributed by atoms with Gasteiger partial charge >= 0.3 is 0 Å². The second-order valence-corrected chi connectivity index (χ2v) is 7.64. The summed E-state index contributed by atoms with van der Waals surface area (Å²) in [7, 11) is 1.83. The van der Waals surface area contributed by atoms with Gasteiger partial charge in [-0.2, -0.15) is 5.10 Å². The maximum Gasteiger partial charge on any atom is 0.272 e. The Bertz CT molecular complexity index is 880. The van der Waals surface area contributed by atoms with E-state index in [2.05, 4.69) is 18.9 Å². The largest absolute Gasteiger partial charge is 0.336 e. The second kappa shape index (κ2) is 5.86. The smallest absolute Gasteiger partial charge is 0.272 e. The van der Waals surface area contributed by atoms with Crippen LogP contribution in [0, 0.1) is 5.92 Å². The minimum absolute atomic E-state index is 0.0447. The molecule has 4 heterocycles. The van der Waals surface area contributed by atoms with Gasteiger partial charge in [-0.05, 0) is 30.4 Å². The van der Waals surface area contributed by atoms with Gasteiger partial charge in [-0.15, -0.1) is 0 Å². The van der Waals surface area contributed by atoms with Gasteiger partial charge in [0.15, 0.2) is 0 Å². The zero-order valence-corrected chi connectivity index (χ0v) is 15.0. The monoisotopic (exact) mass is 340 g/mol. The molecule has 0 aromatic carbocycles. The molecule has 2 aliphatic heterocycles. The summed E-state index contributed by atoms with van der Waals surface area (Å²) in [5, 5.41) is 4.47. The summed E-state index contributed by atoms with van der Waals surface area (Å²) in [6.45, 7) is 6.24. The molecule has 6 nitrogen and oxygen atoms in total. The van der Waals surface area contributed by atoms with Crippen molar-refractivity contribution in [3.05, 3.63) is 51.7 Å². The molecule has 1 amide bonds. The third kappa shape index (κ3) is 2.69. The van der Waals surface area contributed by atoms with Crippen molar-refractivity contribution in [1.29, 1.82) is 0 Å². The van der Waals surface area contributed by atoms with Crippen LogP contribution in [0.3, 0.4) is 0 Å². The zero-order chi connectivity index (χ0) is 17.7. The molecule has 1 fully saturated rings. The predicted octanol–water partition coefficient (Wildman–Crippen LogP) is 1.96. The van der Waals surface area contributed by atoms with Gasteiger partial charge in [-0.3, -0.25) is 14.3 Å².